The van der Waals surface area contributed by atoms with Crippen molar-refractivity contribution in [1.29, 1.82) is 0 Å². The van der Waals surface area contributed by atoms with Crippen LogP contribution in [0.1, 0.15) is 29.9 Å². The molecule has 0 aromatic carbocycles. The van der Waals surface area contributed by atoms with Gasteiger partial charge < -0.3 is 15.0 Å². The molecule has 2 rings (SSSR count). The Morgan fingerprint density at radius 2 is 2.16 bits per heavy atom. The van der Waals surface area contributed by atoms with E-state index >= 15 is 0 Å². The number of amides is 1. The maximum atomic E-state index is 12.3. The first-order chi connectivity index (χ1) is 9.09. The van der Waals surface area contributed by atoms with Crippen molar-refractivity contribution in [3.63, 3.8) is 0 Å². The molecule has 2 heterocycles. The fourth-order valence-corrected chi connectivity index (χ4v) is 2.53. The molecule has 19 heavy (non-hydrogen) atoms. The second-order valence-corrected chi connectivity index (χ2v) is 5.67. The van der Waals surface area contributed by atoms with Gasteiger partial charge in [0.2, 0.25) is 0 Å². The number of carbonyl (C=O) groups excluding carboxylic acids is 1. The van der Waals surface area contributed by atoms with Crippen LogP contribution in [0.2, 0.25) is 0 Å². The summed E-state index contributed by atoms with van der Waals surface area (Å²) in [5.41, 5.74) is 0.290. The molecule has 2 aromatic rings. The molecule has 0 bridgehead atoms. The van der Waals surface area contributed by atoms with Crippen molar-refractivity contribution in [3.05, 3.63) is 40.8 Å². The first-order valence-electron chi connectivity index (χ1n) is 6.24. The Morgan fingerprint density at radius 1 is 1.47 bits per heavy atom. The fourth-order valence-electron chi connectivity index (χ4n) is 1.74. The second-order valence-electron chi connectivity index (χ2n) is 4.75. The van der Waals surface area contributed by atoms with E-state index in [9.17, 15) is 9.90 Å². The predicted molar refractivity (Wildman–Crippen MR) is 76.9 cm³/mol. The van der Waals surface area contributed by atoms with Crippen molar-refractivity contribution < 1.29 is 9.90 Å². The third kappa shape index (κ3) is 2.88. The van der Waals surface area contributed by atoms with Gasteiger partial charge in [0.1, 0.15) is 4.88 Å². The Labute approximate surface area is 116 Å². The van der Waals surface area contributed by atoms with Crippen LogP contribution in [-0.2, 0) is 0 Å². The molecule has 4 nitrogen and oxygen atoms in total. The van der Waals surface area contributed by atoms with E-state index in [1.165, 1.54) is 11.3 Å². The summed E-state index contributed by atoms with van der Waals surface area (Å²) in [4.78, 5) is 13.0. The minimum Gasteiger partial charge on any atom is -0.394 e. The highest BCUT2D eigenvalue weighted by atomic mass is 32.1. The van der Waals surface area contributed by atoms with Crippen LogP contribution in [0.15, 0.2) is 36.0 Å². The van der Waals surface area contributed by atoms with Crippen molar-refractivity contribution in [2.75, 3.05) is 6.61 Å². The first kappa shape index (κ1) is 13.8. The highest BCUT2D eigenvalue weighted by Gasteiger charge is 2.25. The van der Waals surface area contributed by atoms with E-state index in [2.05, 4.69) is 5.32 Å². The molecule has 1 unspecified atom stereocenters. The fraction of sp³-hybridized carbons (Fsp3) is 0.357. The maximum Gasteiger partial charge on any atom is 0.264 e. The predicted octanol–water partition coefficient (Wildman–Crippen LogP) is 2.43. The van der Waals surface area contributed by atoms with Gasteiger partial charge in [-0.3, -0.25) is 4.79 Å². The van der Waals surface area contributed by atoms with Crippen molar-refractivity contribution >= 4 is 17.2 Å². The van der Waals surface area contributed by atoms with Gasteiger partial charge in [0.15, 0.2) is 0 Å². The topological polar surface area (TPSA) is 54.3 Å². The van der Waals surface area contributed by atoms with E-state index in [4.69, 9.17) is 0 Å². The molecule has 0 saturated heterocycles. The van der Waals surface area contributed by atoms with E-state index in [1.807, 2.05) is 54.4 Å². The molecular weight excluding hydrogens is 260 g/mol. The van der Waals surface area contributed by atoms with Gasteiger partial charge in [-0.2, -0.15) is 0 Å². The van der Waals surface area contributed by atoms with Gasteiger partial charge in [0, 0.05) is 12.4 Å². The van der Waals surface area contributed by atoms with Crippen LogP contribution in [0.3, 0.4) is 0 Å². The van der Waals surface area contributed by atoms with E-state index in [0.717, 1.165) is 5.69 Å². The molecule has 2 aromatic heterocycles. The summed E-state index contributed by atoms with van der Waals surface area (Å²) in [6, 6.07) is 5.76. The molecule has 0 saturated carbocycles. The number of rotatable bonds is 5. The van der Waals surface area contributed by atoms with Gasteiger partial charge in [-0.05, 0) is 36.9 Å². The summed E-state index contributed by atoms with van der Waals surface area (Å²) in [7, 11) is 0. The number of hydrogen-bond donors (Lipinski definition) is 2. The lowest BCUT2D eigenvalue weighted by atomic mass is 10.0. The van der Waals surface area contributed by atoms with Crippen LogP contribution in [0.4, 0.5) is 0 Å². The summed E-state index contributed by atoms with van der Waals surface area (Å²) < 4.78 is 1.91. The van der Waals surface area contributed by atoms with E-state index < -0.39 is 5.54 Å². The quantitative estimate of drug-likeness (QED) is 0.882. The van der Waals surface area contributed by atoms with Gasteiger partial charge in [-0.15, -0.1) is 11.3 Å². The lowest BCUT2D eigenvalue weighted by Gasteiger charge is -2.27. The van der Waals surface area contributed by atoms with Crippen molar-refractivity contribution in [2.24, 2.45) is 0 Å². The van der Waals surface area contributed by atoms with Crippen molar-refractivity contribution in [2.45, 2.75) is 25.8 Å². The molecular formula is C14H18N2O2S. The van der Waals surface area contributed by atoms with Gasteiger partial charge in [-0.25, -0.2) is 0 Å². The standard InChI is InChI=1S/C14H18N2O2S/c1-3-14(2,10-17)15-13(18)12-11(6-9-19-12)16-7-4-5-8-16/h4-9,17H,3,10H2,1-2H3,(H,15,18). The van der Waals surface area contributed by atoms with Crippen LogP contribution in [0.5, 0.6) is 0 Å². The normalized spacial score (nSPS) is 14.1. The zero-order valence-electron chi connectivity index (χ0n) is 11.1. The average molecular weight is 278 g/mol. The SMILES string of the molecule is CCC(C)(CO)NC(=O)c1sccc1-n1cccc1. The number of hydrogen-bond acceptors (Lipinski definition) is 3. The molecule has 0 aliphatic heterocycles. The summed E-state index contributed by atoms with van der Waals surface area (Å²) in [6.45, 7) is 3.71. The lowest BCUT2D eigenvalue weighted by Crippen LogP contribution is -2.48. The van der Waals surface area contributed by atoms with Gasteiger partial charge >= 0.3 is 0 Å². The lowest BCUT2D eigenvalue weighted by molar-refractivity contribution is 0.0851. The van der Waals surface area contributed by atoms with Gasteiger partial charge in [0.05, 0.1) is 17.8 Å². The molecule has 0 aliphatic carbocycles. The van der Waals surface area contributed by atoms with Crippen LogP contribution in [-0.4, -0.2) is 27.7 Å². The number of nitrogens with one attached hydrogen (secondary N) is 1. The van der Waals surface area contributed by atoms with Crippen LogP contribution in [0, 0.1) is 0 Å². The third-order valence-electron chi connectivity index (χ3n) is 3.28. The molecule has 0 radical (unpaired) electrons. The van der Waals surface area contributed by atoms with Crippen LogP contribution < -0.4 is 5.32 Å². The number of carbonyl (C=O) groups is 1. The van der Waals surface area contributed by atoms with E-state index in [-0.39, 0.29) is 12.5 Å². The Kier molecular flexibility index (Phi) is 4.07. The Hall–Kier alpha value is -1.59. The molecule has 5 heteroatoms. The van der Waals surface area contributed by atoms with Gasteiger partial charge in [0.25, 0.3) is 5.91 Å². The zero-order chi connectivity index (χ0) is 13.9. The molecule has 2 N–H and O–H groups in total. The molecule has 102 valence electrons. The number of aliphatic hydroxyl groups excluding tert-OH is 1. The van der Waals surface area contributed by atoms with Crippen LogP contribution in [0.25, 0.3) is 5.69 Å². The number of aromatic nitrogens is 1. The number of nitrogens with zero attached hydrogens (tertiary/aromatic N) is 1. The maximum absolute atomic E-state index is 12.3. The zero-order valence-corrected chi connectivity index (χ0v) is 11.9. The molecule has 0 fully saturated rings. The summed E-state index contributed by atoms with van der Waals surface area (Å²) in [6.07, 6.45) is 4.49. The monoisotopic (exact) mass is 278 g/mol. The Bertz CT molecular complexity index is 542. The molecule has 1 atom stereocenters. The van der Waals surface area contributed by atoms with Crippen LogP contribution >= 0.6 is 11.3 Å². The third-order valence-corrected chi connectivity index (χ3v) is 4.18. The van der Waals surface area contributed by atoms with E-state index in [1.54, 1.807) is 0 Å². The second kappa shape index (κ2) is 5.59. The number of thiophene rings is 1. The molecule has 0 spiro atoms. The smallest absolute Gasteiger partial charge is 0.264 e. The summed E-state index contributed by atoms with van der Waals surface area (Å²) >= 11 is 1.40. The van der Waals surface area contributed by atoms with Crippen molar-refractivity contribution in [3.8, 4) is 5.69 Å². The summed E-state index contributed by atoms with van der Waals surface area (Å²) in [5.74, 6) is -0.142. The minimum atomic E-state index is -0.574. The van der Waals surface area contributed by atoms with Gasteiger partial charge in [-0.1, -0.05) is 6.92 Å². The van der Waals surface area contributed by atoms with Crippen molar-refractivity contribution in [1.82, 2.24) is 9.88 Å². The highest BCUT2D eigenvalue weighted by molar-refractivity contribution is 7.12. The first-order valence-corrected chi connectivity index (χ1v) is 7.12. The number of aliphatic hydroxyl groups is 1. The van der Waals surface area contributed by atoms with E-state index in [0.29, 0.717) is 11.3 Å². The Morgan fingerprint density at radius 3 is 2.74 bits per heavy atom. The molecule has 1 amide bonds. The largest absolute Gasteiger partial charge is 0.394 e. The highest BCUT2D eigenvalue weighted by Crippen LogP contribution is 2.22. The minimum absolute atomic E-state index is 0.0700. The summed E-state index contributed by atoms with van der Waals surface area (Å²) in [5, 5.41) is 14.2. The Balaban J connectivity index is 2.24. The average Bonchev–Trinajstić information content (AvgIpc) is 3.08. The molecule has 0 aliphatic rings.